The predicted octanol–water partition coefficient (Wildman–Crippen LogP) is 1.75. The molecule has 0 saturated heterocycles. The van der Waals surface area contributed by atoms with Gasteiger partial charge in [-0.3, -0.25) is 4.98 Å². The Morgan fingerprint density at radius 1 is 1.50 bits per heavy atom. The standard InChI is InChI=1S/C10H14N2/c1-2-3-7-11-9-10-6-4-5-8-12-10/h2,4-6,8,11H,1,3,7,9H2. The first-order valence-electron chi connectivity index (χ1n) is 4.15. The predicted molar refractivity (Wildman–Crippen MR) is 50.8 cm³/mol. The highest BCUT2D eigenvalue weighted by Gasteiger charge is 1.89. The van der Waals surface area contributed by atoms with Crippen LogP contribution in [0.2, 0.25) is 0 Å². The minimum Gasteiger partial charge on any atom is -0.311 e. The van der Waals surface area contributed by atoms with Gasteiger partial charge in [-0.25, -0.2) is 0 Å². The van der Waals surface area contributed by atoms with E-state index in [-0.39, 0.29) is 0 Å². The smallest absolute Gasteiger partial charge is 0.0541 e. The fourth-order valence-electron chi connectivity index (χ4n) is 0.923. The van der Waals surface area contributed by atoms with Gasteiger partial charge in [-0.2, -0.15) is 0 Å². The summed E-state index contributed by atoms with van der Waals surface area (Å²) < 4.78 is 0. The second kappa shape index (κ2) is 5.49. The van der Waals surface area contributed by atoms with Crippen molar-refractivity contribution in [1.82, 2.24) is 10.3 Å². The lowest BCUT2D eigenvalue weighted by molar-refractivity contribution is 0.683. The Hall–Kier alpha value is -1.15. The second-order valence-electron chi connectivity index (χ2n) is 2.58. The summed E-state index contributed by atoms with van der Waals surface area (Å²) in [4.78, 5) is 4.19. The van der Waals surface area contributed by atoms with E-state index in [4.69, 9.17) is 0 Å². The molecule has 1 rings (SSSR count). The van der Waals surface area contributed by atoms with Gasteiger partial charge in [-0.1, -0.05) is 12.1 Å². The number of hydrogen-bond donors (Lipinski definition) is 1. The largest absolute Gasteiger partial charge is 0.311 e. The van der Waals surface area contributed by atoms with Crippen LogP contribution in [0.1, 0.15) is 12.1 Å². The maximum absolute atomic E-state index is 4.19. The highest BCUT2D eigenvalue weighted by Crippen LogP contribution is 1.91. The monoisotopic (exact) mass is 162 g/mol. The van der Waals surface area contributed by atoms with Gasteiger partial charge < -0.3 is 5.32 Å². The van der Waals surface area contributed by atoms with Crippen molar-refractivity contribution in [2.24, 2.45) is 0 Å². The van der Waals surface area contributed by atoms with Crippen molar-refractivity contribution >= 4 is 0 Å². The molecule has 64 valence electrons. The number of aromatic nitrogens is 1. The van der Waals surface area contributed by atoms with Crippen molar-refractivity contribution < 1.29 is 0 Å². The summed E-state index contributed by atoms with van der Waals surface area (Å²) in [7, 11) is 0. The quantitative estimate of drug-likeness (QED) is 0.527. The zero-order chi connectivity index (χ0) is 8.65. The van der Waals surface area contributed by atoms with Crippen LogP contribution in [-0.4, -0.2) is 11.5 Å². The van der Waals surface area contributed by atoms with Crippen LogP contribution in [0.3, 0.4) is 0 Å². The van der Waals surface area contributed by atoms with Crippen molar-refractivity contribution in [2.45, 2.75) is 13.0 Å². The molecule has 12 heavy (non-hydrogen) atoms. The number of rotatable bonds is 5. The van der Waals surface area contributed by atoms with Crippen LogP contribution < -0.4 is 5.32 Å². The van der Waals surface area contributed by atoms with Gasteiger partial charge in [0.05, 0.1) is 5.69 Å². The SMILES string of the molecule is C=CCCNCc1ccccn1. The molecule has 1 N–H and O–H groups in total. The molecule has 1 aromatic heterocycles. The van der Waals surface area contributed by atoms with E-state index in [2.05, 4.69) is 16.9 Å². The summed E-state index contributed by atoms with van der Waals surface area (Å²) in [5.41, 5.74) is 1.08. The maximum atomic E-state index is 4.19. The molecular weight excluding hydrogens is 148 g/mol. The first-order valence-corrected chi connectivity index (χ1v) is 4.15. The molecule has 2 nitrogen and oxygen atoms in total. The van der Waals surface area contributed by atoms with Crippen LogP contribution in [-0.2, 0) is 6.54 Å². The van der Waals surface area contributed by atoms with Crippen LogP contribution >= 0.6 is 0 Å². The summed E-state index contributed by atoms with van der Waals surface area (Å²) in [6, 6.07) is 5.94. The third-order valence-corrected chi connectivity index (χ3v) is 1.56. The third-order valence-electron chi connectivity index (χ3n) is 1.56. The van der Waals surface area contributed by atoms with E-state index < -0.39 is 0 Å². The molecule has 0 aromatic carbocycles. The van der Waals surface area contributed by atoms with Gasteiger partial charge >= 0.3 is 0 Å². The highest BCUT2D eigenvalue weighted by molar-refractivity contribution is 5.02. The maximum Gasteiger partial charge on any atom is 0.0541 e. The lowest BCUT2D eigenvalue weighted by atomic mass is 10.3. The fourth-order valence-corrected chi connectivity index (χ4v) is 0.923. The molecule has 0 aliphatic carbocycles. The second-order valence-corrected chi connectivity index (χ2v) is 2.58. The average molecular weight is 162 g/mol. The normalized spacial score (nSPS) is 9.67. The summed E-state index contributed by atoms with van der Waals surface area (Å²) in [6.07, 6.45) is 4.72. The molecule has 0 spiro atoms. The molecule has 0 aliphatic rings. The van der Waals surface area contributed by atoms with E-state index in [1.54, 1.807) is 0 Å². The minimum atomic E-state index is 0.842. The first kappa shape index (κ1) is 8.94. The van der Waals surface area contributed by atoms with Crippen molar-refractivity contribution in [3.05, 3.63) is 42.7 Å². The van der Waals surface area contributed by atoms with Crippen LogP contribution in [0.4, 0.5) is 0 Å². The number of nitrogens with one attached hydrogen (secondary N) is 1. The van der Waals surface area contributed by atoms with Gasteiger partial charge in [0.2, 0.25) is 0 Å². The Morgan fingerprint density at radius 3 is 3.08 bits per heavy atom. The fraction of sp³-hybridized carbons (Fsp3) is 0.300. The van der Waals surface area contributed by atoms with Crippen molar-refractivity contribution in [3.8, 4) is 0 Å². The molecule has 0 atom stereocenters. The van der Waals surface area contributed by atoms with Gasteiger partial charge in [-0.15, -0.1) is 6.58 Å². The van der Waals surface area contributed by atoms with Crippen molar-refractivity contribution in [2.75, 3.05) is 6.54 Å². The van der Waals surface area contributed by atoms with E-state index in [0.717, 1.165) is 25.2 Å². The molecule has 0 radical (unpaired) electrons. The third kappa shape index (κ3) is 3.30. The Kier molecular flexibility index (Phi) is 4.09. The molecular formula is C10H14N2. The number of nitrogens with zero attached hydrogens (tertiary/aromatic N) is 1. The average Bonchev–Trinajstić information content (AvgIpc) is 2.14. The summed E-state index contributed by atoms with van der Waals surface area (Å²) in [5, 5.41) is 3.27. The molecule has 1 heterocycles. The number of hydrogen-bond acceptors (Lipinski definition) is 2. The van der Waals surface area contributed by atoms with Crippen LogP contribution in [0.15, 0.2) is 37.1 Å². The van der Waals surface area contributed by atoms with Gasteiger partial charge in [0.1, 0.15) is 0 Å². The van der Waals surface area contributed by atoms with Crippen LogP contribution in [0, 0.1) is 0 Å². The molecule has 2 heteroatoms. The minimum absolute atomic E-state index is 0.842. The summed E-state index contributed by atoms with van der Waals surface area (Å²) >= 11 is 0. The Labute approximate surface area is 73.3 Å². The van der Waals surface area contributed by atoms with E-state index in [0.29, 0.717) is 0 Å². The van der Waals surface area contributed by atoms with Crippen molar-refractivity contribution in [3.63, 3.8) is 0 Å². The van der Waals surface area contributed by atoms with E-state index >= 15 is 0 Å². The molecule has 0 saturated carbocycles. The Bertz CT molecular complexity index is 219. The van der Waals surface area contributed by atoms with Gasteiger partial charge in [-0.05, 0) is 25.1 Å². The number of pyridine rings is 1. The molecule has 0 aliphatic heterocycles. The highest BCUT2D eigenvalue weighted by atomic mass is 14.9. The lowest BCUT2D eigenvalue weighted by Crippen LogP contribution is -2.14. The van der Waals surface area contributed by atoms with Crippen LogP contribution in [0.25, 0.3) is 0 Å². The summed E-state index contributed by atoms with van der Waals surface area (Å²) in [5.74, 6) is 0. The molecule has 0 bridgehead atoms. The molecule has 0 amide bonds. The van der Waals surface area contributed by atoms with Gasteiger partial charge in [0, 0.05) is 12.7 Å². The van der Waals surface area contributed by atoms with Crippen LogP contribution in [0.5, 0.6) is 0 Å². The zero-order valence-electron chi connectivity index (χ0n) is 7.16. The van der Waals surface area contributed by atoms with Gasteiger partial charge in [0.25, 0.3) is 0 Å². The summed E-state index contributed by atoms with van der Waals surface area (Å²) in [6.45, 7) is 5.46. The molecule has 0 fully saturated rings. The van der Waals surface area contributed by atoms with E-state index in [9.17, 15) is 0 Å². The molecule has 1 aromatic rings. The van der Waals surface area contributed by atoms with Gasteiger partial charge in [0.15, 0.2) is 0 Å². The topological polar surface area (TPSA) is 24.9 Å². The Morgan fingerprint density at radius 2 is 2.42 bits per heavy atom. The Balaban J connectivity index is 2.20. The first-order chi connectivity index (χ1) is 5.93. The molecule has 0 unspecified atom stereocenters. The lowest BCUT2D eigenvalue weighted by Gasteiger charge is -2.00. The van der Waals surface area contributed by atoms with E-state index in [1.165, 1.54) is 0 Å². The van der Waals surface area contributed by atoms with Crippen molar-refractivity contribution in [1.29, 1.82) is 0 Å². The van der Waals surface area contributed by atoms with E-state index in [1.807, 2.05) is 30.5 Å². The zero-order valence-corrected chi connectivity index (χ0v) is 7.16.